The first-order chi connectivity index (χ1) is 10.4. The molecule has 116 valence electrons. The highest BCUT2D eigenvalue weighted by atomic mass is 16.1. The highest BCUT2D eigenvalue weighted by Gasteiger charge is 2.13. The molecule has 0 aliphatic carbocycles. The maximum Gasteiger partial charge on any atom is 0.277 e. The minimum Gasteiger partial charge on any atom is -0.384 e. The molecule has 1 aromatic heterocycles. The summed E-state index contributed by atoms with van der Waals surface area (Å²) in [5.74, 6) is 0.0547. The Morgan fingerprint density at radius 1 is 1.32 bits per heavy atom. The lowest BCUT2D eigenvalue weighted by Crippen LogP contribution is -2.32. The van der Waals surface area contributed by atoms with Crippen molar-refractivity contribution in [2.45, 2.75) is 33.7 Å². The Morgan fingerprint density at radius 3 is 2.45 bits per heavy atom. The number of nitrogens with zero attached hydrogens (tertiary/aromatic N) is 2. The van der Waals surface area contributed by atoms with Gasteiger partial charge in [-0.1, -0.05) is 45.0 Å². The summed E-state index contributed by atoms with van der Waals surface area (Å²) in [5.41, 5.74) is 8.25. The van der Waals surface area contributed by atoms with Crippen LogP contribution in [0.4, 0.5) is 0 Å². The fourth-order valence-electron chi connectivity index (χ4n) is 2.26. The van der Waals surface area contributed by atoms with E-state index in [0.717, 1.165) is 12.0 Å². The summed E-state index contributed by atoms with van der Waals surface area (Å²) in [7, 11) is 0. The number of aromatic nitrogens is 2. The first-order valence-electron chi connectivity index (χ1n) is 7.48. The van der Waals surface area contributed by atoms with E-state index in [9.17, 15) is 4.79 Å². The zero-order valence-corrected chi connectivity index (χ0v) is 13.3. The summed E-state index contributed by atoms with van der Waals surface area (Å²) in [6, 6.07) is 9.65. The van der Waals surface area contributed by atoms with Gasteiger partial charge in [0.1, 0.15) is 5.84 Å². The summed E-state index contributed by atoms with van der Waals surface area (Å²) < 4.78 is 1.41. The third kappa shape index (κ3) is 3.42. The molecule has 2 aromatic rings. The van der Waals surface area contributed by atoms with Gasteiger partial charge in [0.2, 0.25) is 0 Å². The second-order valence-electron chi connectivity index (χ2n) is 5.79. The third-order valence-electron chi connectivity index (χ3n) is 3.46. The molecule has 1 heterocycles. The quantitative estimate of drug-likeness (QED) is 0.656. The van der Waals surface area contributed by atoms with Crippen molar-refractivity contribution in [3.8, 4) is 11.3 Å². The number of nitrogens with one attached hydrogen (secondary N) is 1. The average molecular weight is 298 g/mol. The first kappa shape index (κ1) is 15.9. The predicted octanol–water partition coefficient (Wildman–Crippen LogP) is 2.41. The third-order valence-corrected chi connectivity index (χ3v) is 3.46. The molecule has 3 N–H and O–H groups in total. The van der Waals surface area contributed by atoms with Crippen LogP contribution in [0.1, 0.15) is 31.9 Å². The molecule has 0 amide bonds. The number of rotatable bonds is 5. The van der Waals surface area contributed by atoms with Gasteiger partial charge < -0.3 is 5.73 Å². The molecule has 22 heavy (non-hydrogen) atoms. The fourth-order valence-corrected chi connectivity index (χ4v) is 2.26. The largest absolute Gasteiger partial charge is 0.384 e. The lowest BCUT2D eigenvalue weighted by molar-refractivity contribution is 0.465. The molecule has 0 radical (unpaired) electrons. The summed E-state index contributed by atoms with van der Waals surface area (Å²) >= 11 is 0. The zero-order chi connectivity index (χ0) is 16.3. The van der Waals surface area contributed by atoms with E-state index < -0.39 is 0 Å². The molecular formula is C17H22N4O. The molecule has 0 unspecified atom stereocenters. The Hall–Kier alpha value is -2.43. The minimum atomic E-state index is -0.310. The van der Waals surface area contributed by atoms with Crippen molar-refractivity contribution >= 4 is 5.84 Å². The van der Waals surface area contributed by atoms with E-state index in [1.54, 1.807) is 6.07 Å². The molecule has 5 heteroatoms. The van der Waals surface area contributed by atoms with E-state index in [-0.39, 0.29) is 22.9 Å². The van der Waals surface area contributed by atoms with Gasteiger partial charge in [-0.3, -0.25) is 10.2 Å². The molecule has 2 rings (SSSR count). The van der Waals surface area contributed by atoms with Gasteiger partial charge in [0.25, 0.3) is 5.56 Å². The maximum atomic E-state index is 12.3. The Balaban J connectivity index is 2.57. The van der Waals surface area contributed by atoms with E-state index in [1.807, 2.05) is 38.1 Å². The average Bonchev–Trinajstić information content (AvgIpc) is 2.48. The molecular weight excluding hydrogens is 276 g/mol. The number of hydrogen-bond acceptors (Lipinski definition) is 3. The van der Waals surface area contributed by atoms with Gasteiger partial charge in [-0.2, -0.15) is 5.10 Å². The van der Waals surface area contributed by atoms with Crippen molar-refractivity contribution in [1.82, 2.24) is 9.78 Å². The van der Waals surface area contributed by atoms with Crippen LogP contribution in [0.15, 0.2) is 35.1 Å². The second kappa shape index (κ2) is 6.56. The van der Waals surface area contributed by atoms with Crippen LogP contribution in [0.2, 0.25) is 0 Å². The van der Waals surface area contributed by atoms with Crippen LogP contribution in [0.5, 0.6) is 0 Å². The Morgan fingerprint density at radius 2 is 1.95 bits per heavy atom. The van der Waals surface area contributed by atoms with Gasteiger partial charge in [0.15, 0.2) is 0 Å². The van der Waals surface area contributed by atoms with Crippen molar-refractivity contribution in [2.24, 2.45) is 11.7 Å². The smallest absolute Gasteiger partial charge is 0.277 e. The van der Waals surface area contributed by atoms with Crippen molar-refractivity contribution in [2.75, 3.05) is 0 Å². The minimum absolute atomic E-state index is 0.199. The lowest BCUT2D eigenvalue weighted by atomic mass is 10.1. The standard InChI is InChI=1S/C17H22N4O/c1-4-12-5-7-13(8-6-12)15-9-14(16(18)19)17(22)21(20-15)10-11(2)3/h5-9,11H,4,10H2,1-3H3,(H3,18,19). The van der Waals surface area contributed by atoms with Crippen LogP contribution >= 0.6 is 0 Å². The van der Waals surface area contributed by atoms with Gasteiger partial charge in [-0.05, 0) is 24.0 Å². The molecule has 0 spiro atoms. The first-order valence-corrected chi connectivity index (χ1v) is 7.48. The molecule has 0 saturated heterocycles. The van der Waals surface area contributed by atoms with Crippen LogP contribution in [0.25, 0.3) is 11.3 Å². The van der Waals surface area contributed by atoms with E-state index >= 15 is 0 Å². The molecule has 5 nitrogen and oxygen atoms in total. The molecule has 0 aliphatic heterocycles. The molecule has 1 aromatic carbocycles. The van der Waals surface area contributed by atoms with Gasteiger partial charge in [0, 0.05) is 12.1 Å². The Bertz CT molecular complexity index is 729. The van der Waals surface area contributed by atoms with E-state index in [0.29, 0.717) is 12.2 Å². The van der Waals surface area contributed by atoms with Crippen molar-refractivity contribution in [1.29, 1.82) is 5.41 Å². The monoisotopic (exact) mass is 298 g/mol. The lowest BCUT2D eigenvalue weighted by Gasteiger charge is -2.12. The molecule has 0 aliphatic rings. The second-order valence-corrected chi connectivity index (χ2v) is 5.79. The van der Waals surface area contributed by atoms with Crippen molar-refractivity contribution in [3.63, 3.8) is 0 Å². The maximum absolute atomic E-state index is 12.3. The van der Waals surface area contributed by atoms with Crippen LogP contribution in [-0.4, -0.2) is 15.6 Å². The number of benzene rings is 1. The molecule has 0 atom stereocenters. The molecule has 0 bridgehead atoms. The Kier molecular flexibility index (Phi) is 4.75. The SMILES string of the molecule is CCc1ccc(-c2cc(C(=N)N)c(=O)n(CC(C)C)n2)cc1. The normalized spacial score (nSPS) is 10.9. The van der Waals surface area contributed by atoms with E-state index in [1.165, 1.54) is 10.2 Å². The topological polar surface area (TPSA) is 84.8 Å². The number of amidine groups is 1. The van der Waals surface area contributed by atoms with Crippen LogP contribution in [0, 0.1) is 11.3 Å². The predicted molar refractivity (Wildman–Crippen MR) is 89.2 cm³/mol. The molecule has 0 saturated carbocycles. The summed E-state index contributed by atoms with van der Waals surface area (Å²) in [6.07, 6.45) is 0.971. The van der Waals surface area contributed by atoms with Crippen LogP contribution in [0.3, 0.4) is 0 Å². The highest BCUT2D eigenvalue weighted by molar-refractivity contribution is 5.95. The summed E-state index contributed by atoms with van der Waals surface area (Å²) in [5, 5.41) is 12.0. The van der Waals surface area contributed by atoms with Crippen LogP contribution in [-0.2, 0) is 13.0 Å². The fraction of sp³-hybridized carbons (Fsp3) is 0.353. The number of nitrogens with two attached hydrogens (primary N) is 1. The zero-order valence-electron chi connectivity index (χ0n) is 13.3. The number of nitrogen functional groups attached to an aromatic ring is 1. The van der Waals surface area contributed by atoms with E-state index in [2.05, 4.69) is 12.0 Å². The van der Waals surface area contributed by atoms with Crippen molar-refractivity contribution < 1.29 is 0 Å². The summed E-state index contributed by atoms with van der Waals surface area (Å²) in [6.45, 7) is 6.64. The molecule has 0 fully saturated rings. The Labute approximate surface area is 130 Å². The highest BCUT2D eigenvalue weighted by Crippen LogP contribution is 2.18. The van der Waals surface area contributed by atoms with Gasteiger partial charge in [-0.25, -0.2) is 4.68 Å². The van der Waals surface area contributed by atoms with Gasteiger partial charge in [0.05, 0.1) is 11.3 Å². The number of aryl methyl sites for hydroxylation is 1. The van der Waals surface area contributed by atoms with Crippen LogP contribution < -0.4 is 11.3 Å². The van der Waals surface area contributed by atoms with Gasteiger partial charge in [-0.15, -0.1) is 0 Å². The van der Waals surface area contributed by atoms with E-state index in [4.69, 9.17) is 11.1 Å². The van der Waals surface area contributed by atoms with Crippen molar-refractivity contribution in [3.05, 3.63) is 51.8 Å². The summed E-state index contributed by atoms with van der Waals surface area (Å²) in [4.78, 5) is 12.3. The van der Waals surface area contributed by atoms with Gasteiger partial charge >= 0.3 is 0 Å². The number of hydrogen-bond donors (Lipinski definition) is 2.